The number of sulfone groups is 1. The second-order valence-electron chi connectivity index (χ2n) is 6.74. The van der Waals surface area contributed by atoms with Gasteiger partial charge in [-0.05, 0) is 36.1 Å². The second-order valence-corrected chi connectivity index (χ2v) is 9.04. The van der Waals surface area contributed by atoms with Crippen LogP contribution in [0.3, 0.4) is 0 Å². The molecule has 1 atom stereocenters. The Bertz CT molecular complexity index is 1110. The largest absolute Gasteiger partial charge is 0.361 e. The molecular weight excluding hydrogens is 367 g/mol. The highest BCUT2D eigenvalue weighted by Gasteiger charge is 2.34. The highest BCUT2D eigenvalue weighted by Crippen LogP contribution is 2.31. The van der Waals surface area contributed by atoms with Crippen LogP contribution in [-0.2, 0) is 9.84 Å². The average molecular weight is 386 g/mol. The van der Waals surface area contributed by atoms with Crippen molar-refractivity contribution >= 4 is 26.6 Å². The maximum Gasteiger partial charge on any atom is 0.253 e. The van der Waals surface area contributed by atoms with Gasteiger partial charge in [0, 0.05) is 35.9 Å². The van der Waals surface area contributed by atoms with Gasteiger partial charge >= 0.3 is 0 Å². The van der Waals surface area contributed by atoms with E-state index in [0.29, 0.717) is 5.56 Å². The molecule has 4 rings (SSSR count). The lowest BCUT2D eigenvalue weighted by molar-refractivity contribution is 0.0766. The van der Waals surface area contributed by atoms with Gasteiger partial charge in [-0.2, -0.15) is 0 Å². The summed E-state index contributed by atoms with van der Waals surface area (Å²) in [7, 11) is -3.55. The number of hydrogen-bond donors (Lipinski definition) is 1. The highest BCUT2D eigenvalue weighted by molar-refractivity contribution is 7.91. The third kappa shape index (κ3) is 3.35. The van der Waals surface area contributed by atoms with Crippen molar-refractivity contribution in [3.05, 3.63) is 71.7 Å². The fourth-order valence-corrected chi connectivity index (χ4v) is 5.40. The molecule has 0 aliphatic carbocycles. The fraction of sp³-hybridized carbons (Fsp3) is 0.250. The number of carbonyl (C=O) groups is 1. The van der Waals surface area contributed by atoms with E-state index >= 15 is 0 Å². The summed E-state index contributed by atoms with van der Waals surface area (Å²) in [4.78, 5) is 17.5. The van der Waals surface area contributed by atoms with E-state index in [0.717, 1.165) is 10.9 Å². The first kappa shape index (κ1) is 17.7. The van der Waals surface area contributed by atoms with E-state index in [9.17, 15) is 17.6 Å². The van der Waals surface area contributed by atoms with Gasteiger partial charge in [0.1, 0.15) is 5.82 Å². The molecule has 1 N–H and O–H groups in total. The van der Waals surface area contributed by atoms with Gasteiger partial charge in [0.15, 0.2) is 9.84 Å². The summed E-state index contributed by atoms with van der Waals surface area (Å²) in [6.07, 6.45) is 1.98. The molecule has 2 heterocycles. The third-order valence-corrected chi connectivity index (χ3v) is 7.19. The van der Waals surface area contributed by atoms with Crippen molar-refractivity contribution in [3.63, 3.8) is 0 Å². The number of hydrogen-bond acceptors (Lipinski definition) is 3. The summed E-state index contributed by atoms with van der Waals surface area (Å²) in [5, 5.41) is 0.0759. The van der Waals surface area contributed by atoms with E-state index in [1.807, 2.05) is 12.1 Å². The highest BCUT2D eigenvalue weighted by atomic mass is 32.2. The zero-order valence-corrected chi connectivity index (χ0v) is 15.4. The Labute approximate surface area is 156 Å². The summed E-state index contributed by atoms with van der Waals surface area (Å²) in [6, 6.07) is 13.2. The maximum atomic E-state index is 14.1. The molecule has 1 aromatic heterocycles. The fourth-order valence-electron chi connectivity index (χ4n) is 3.60. The van der Waals surface area contributed by atoms with Gasteiger partial charge < -0.3 is 9.88 Å². The number of nitrogens with one attached hydrogen (secondary N) is 1. The lowest BCUT2D eigenvalue weighted by Gasteiger charge is -2.20. The molecule has 1 aliphatic heterocycles. The Morgan fingerprint density at radius 2 is 1.93 bits per heavy atom. The predicted molar refractivity (Wildman–Crippen MR) is 102 cm³/mol. The zero-order chi connectivity index (χ0) is 19.0. The minimum absolute atomic E-state index is 0.106. The first-order valence-electron chi connectivity index (χ1n) is 8.78. The van der Waals surface area contributed by atoms with Crippen LogP contribution in [0, 0.1) is 5.82 Å². The number of aromatic nitrogens is 1. The number of carbonyl (C=O) groups excluding carboxylic acids is 1. The number of aromatic amines is 1. The molecule has 5 nitrogen and oxygen atoms in total. The minimum atomic E-state index is -3.55. The van der Waals surface area contributed by atoms with E-state index in [-0.39, 0.29) is 36.7 Å². The van der Waals surface area contributed by atoms with Crippen LogP contribution in [0.5, 0.6) is 0 Å². The molecule has 1 aliphatic rings. The van der Waals surface area contributed by atoms with Gasteiger partial charge in [-0.1, -0.05) is 24.3 Å². The molecule has 27 heavy (non-hydrogen) atoms. The van der Waals surface area contributed by atoms with Gasteiger partial charge in [-0.15, -0.1) is 0 Å². The van der Waals surface area contributed by atoms with Crippen molar-refractivity contribution in [2.45, 2.75) is 11.7 Å². The minimum Gasteiger partial charge on any atom is -0.361 e. The summed E-state index contributed by atoms with van der Waals surface area (Å²) in [5.74, 6) is -0.915. The van der Waals surface area contributed by atoms with E-state index in [1.165, 1.54) is 18.2 Å². The summed E-state index contributed by atoms with van der Waals surface area (Å²) >= 11 is 0. The van der Waals surface area contributed by atoms with E-state index in [4.69, 9.17) is 0 Å². The Kier molecular flexibility index (Phi) is 4.47. The van der Waals surface area contributed by atoms with Crippen LogP contribution < -0.4 is 0 Å². The van der Waals surface area contributed by atoms with Gasteiger partial charge in [-0.3, -0.25) is 4.79 Å². The number of benzene rings is 2. The third-order valence-electron chi connectivity index (χ3n) is 5.08. The molecule has 0 spiro atoms. The van der Waals surface area contributed by atoms with Crippen molar-refractivity contribution < 1.29 is 17.6 Å². The monoisotopic (exact) mass is 386 g/mol. The maximum absolute atomic E-state index is 14.1. The molecule has 1 saturated heterocycles. The number of amides is 1. The Balaban J connectivity index is 1.60. The van der Waals surface area contributed by atoms with Crippen molar-refractivity contribution in [1.29, 1.82) is 0 Å². The van der Waals surface area contributed by atoms with Crippen molar-refractivity contribution in [3.8, 4) is 0 Å². The molecule has 140 valence electrons. The van der Waals surface area contributed by atoms with Crippen LogP contribution in [0.15, 0.2) is 54.7 Å². The van der Waals surface area contributed by atoms with Crippen LogP contribution in [0.4, 0.5) is 4.39 Å². The van der Waals surface area contributed by atoms with E-state index in [2.05, 4.69) is 4.98 Å². The summed E-state index contributed by atoms with van der Waals surface area (Å²) < 4.78 is 39.5. The normalized spacial score (nSPS) is 19.7. The summed E-state index contributed by atoms with van der Waals surface area (Å²) in [5.41, 5.74) is 1.54. The smallest absolute Gasteiger partial charge is 0.253 e. The first-order valence-corrected chi connectivity index (χ1v) is 10.5. The van der Waals surface area contributed by atoms with Crippen LogP contribution in [-0.4, -0.2) is 43.1 Å². The average Bonchev–Trinajstić information content (AvgIpc) is 3.06. The molecule has 1 fully saturated rings. The second kappa shape index (κ2) is 6.81. The van der Waals surface area contributed by atoms with Crippen LogP contribution >= 0.6 is 0 Å². The number of halogens is 1. The quantitative estimate of drug-likeness (QED) is 0.735. The van der Waals surface area contributed by atoms with Crippen molar-refractivity contribution in [2.75, 3.05) is 18.8 Å². The standard InChI is InChI=1S/C20H19FN2O3S/c21-17-4-2-1-3-16(17)19-8-10-23(11-12-27(19,25)26)20(24)15-6-5-14-7-9-22-18(14)13-15/h1-7,9,13,19,22H,8,10-12H2. The van der Waals surface area contributed by atoms with Gasteiger partial charge in [0.2, 0.25) is 0 Å². The number of fused-ring (bicyclic) bond motifs is 1. The molecule has 3 aromatic rings. The van der Waals surface area contributed by atoms with Crippen LogP contribution in [0.25, 0.3) is 10.9 Å². The lowest BCUT2D eigenvalue weighted by atomic mass is 10.1. The van der Waals surface area contributed by atoms with Crippen LogP contribution in [0.2, 0.25) is 0 Å². The van der Waals surface area contributed by atoms with Crippen LogP contribution in [0.1, 0.15) is 27.6 Å². The van der Waals surface area contributed by atoms with Gasteiger partial charge in [-0.25, -0.2) is 12.8 Å². The number of H-pyrrole nitrogens is 1. The number of nitrogens with zero attached hydrogens (tertiary/aromatic N) is 1. The lowest BCUT2D eigenvalue weighted by Crippen LogP contribution is -2.33. The molecule has 2 aromatic carbocycles. The Hall–Kier alpha value is -2.67. The predicted octanol–water partition coefficient (Wildman–Crippen LogP) is 3.31. The molecule has 0 radical (unpaired) electrons. The molecule has 1 amide bonds. The molecule has 0 bridgehead atoms. The summed E-state index contributed by atoms with van der Waals surface area (Å²) in [6.45, 7) is 0.370. The molecule has 7 heteroatoms. The van der Waals surface area contributed by atoms with Gasteiger partial charge in [0.25, 0.3) is 5.91 Å². The topological polar surface area (TPSA) is 70.2 Å². The molecule has 0 saturated carbocycles. The molecule has 1 unspecified atom stereocenters. The molecular formula is C20H19FN2O3S. The van der Waals surface area contributed by atoms with Gasteiger partial charge in [0.05, 0.1) is 11.0 Å². The van der Waals surface area contributed by atoms with Crippen molar-refractivity contribution in [1.82, 2.24) is 9.88 Å². The van der Waals surface area contributed by atoms with E-state index in [1.54, 1.807) is 29.3 Å². The Morgan fingerprint density at radius 3 is 2.74 bits per heavy atom. The first-order chi connectivity index (χ1) is 13.0. The SMILES string of the molecule is O=C(c1ccc2cc[nH]c2c1)N1CCC(c2ccccc2F)S(=O)(=O)CC1. The number of rotatable bonds is 2. The van der Waals surface area contributed by atoms with Crippen molar-refractivity contribution in [2.24, 2.45) is 0 Å². The van der Waals surface area contributed by atoms with E-state index < -0.39 is 20.9 Å². The Morgan fingerprint density at radius 1 is 1.11 bits per heavy atom. The zero-order valence-electron chi connectivity index (χ0n) is 14.6.